The summed E-state index contributed by atoms with van der Waals surface area (Å²) in [5.74, 6) is 1.65. The first-order valence-electron chi connectivity index (χ1n) is 6.39. The molecule has 1 aliphatic heterocycles. The van der Waals surface area contributed by atoms with E-state index >= 15 is 0 Å². The first kappa shape index (κ1) is 13.2. The quantitative estimate of drug-likeness (QED) is 0.870. The van der Waals surface area contributed by atoms with Crippen LogP contribution in [0.3, 0.4) is 0 Å². The molecule has 4 heteroatoms. The van der Waals surface area contributed by atoms with Crippen LogP contribution in [0.25, 0.3) is 0 Å². The van der Waals surface area contributed by atoms with E-state index in [-0.39, 0.29) is 12.1 Å². The van der Waals surface area contributed by atoms with Gasteiger partial charge in [-0.2, -0.15) is 0 Å². The Morgan fingerprint density at radius 3 is 2.61 bits per heavy atom. The Hall–Kier alpha value is -1.26. The summed E-state index contributed by atoms with van der Waals surface area (Å²) < 4.78 is 16.8. The van der Waals surface area contributed by atoms with Crippen LogP contribution < -0.4 is 14.8 Å². The van der Waals surface area contributed by atoms with Crippen molar-refractivity contribution in [3.05, 3.63) is 23.8 Å². The predicted molar refractivity (Wildman–Crippen MR) is 70.3 cm³/mol. The van der Waals surface area contributed by atoms with E-state index in [0.717, 1.165) is 17.1 Å². The number of fused-ring (bicyclic) bond motifs is 1. The van der Waals surface area contributed by atoms with E-state index in [0.29, 0.717) is 19.8 Å². The van der Waals surface area contributed by atoms with E-state index < -0.39 is 0 Å². The molecule has 0 aliphatic carbocycles. The Balaban J connectivity index is 2.10. The van der Waals surface area contributed by atoms with Gasteiger partial charge in [-0.15, -0.1) is 0 Å². The van der Waals surface area contributed by atoms with Crippen LogP contribution in [-0.2, 0) is 4.74 Å². The van der Waals surface area contributed by atoms with Gasteiger partial charge in [0.2, 0.25) is 0 Å². The molecule has 18 heavy (non-hydrogen) atoms. The highest BCUT2D eigenvalue weighted by Gasteiger charge is 2.16. The standard InChI is InChI=1S/C14H21NO3/c1-10(2)18-9-12(15-3)11-4-5-13-14(8-11)17-7-6-16-13/h4-5,8,10,12,15H,6-7,9H2,1-3H3. The fraction of sp³-hybridized carbons (Fsp3) is 0.571. The third kappa shape index (κ3) is 3.15. The highest BCUT2D eigenvalue weighted by molar-refractivity contribution is 5.44. The molecule has 1 unspecified atom stereocenters. The molecule has 1 aliphatic rings. The van der Waals surface area contributed by atoms with Gasteiger partial charge in [0.25, 0.3) is 0 Å². The maximum atomic E-state index is 5.66. The fourth-order valence-electron chi connectivity index (χ4n) is 1.91. The summed E-state index contributed by atoms with van der Waals surface area (Å²) >= 11 is 0. The largest absolute Gasteiger partial charge is 0.486 e. The van der Waals surface area contributed by atoms with Gasteiger partial charge in [0.05, 0.1) is 18.8 Å². The normalized spacial score (nSPS) is 15.8. The van der Waals surface area contributed by atoms with Crippen molar-refractivity contribution in [2.24, 2.45) is 0 Å². The van der Waals surface area contributed by atoms with Crippen LogP contribution in [0.5, 0.6) is 11.5 Å². The molecule has 0 saturated heterocycles. The summed E-state index contributed by atoms with van der Waals surface area (Å²) in [4.78, 5) is 0. The van der Waals surface area contributed by atoms with E-state index in [2.05, 4.69) is 11.4 Å². The Kier molecular flexibility index (Phi) is 4.44. The molecule has 1 N–H and O–H groups in total. The Morgan fingerprint density at radius 2 is 1.94 bits per heavy atom. The zero-order valence-electron chi connectivity index (χ0n) is 11.2. The minimum Gasteiger partial charge on any atom is -0.486 e. The monoisotopic (exact) mass is 251 g/mol. The molecule has 0 fully saturated rings. The minimum absolute atomic E-state index is 0.170. The van der Waals surface area contributed by atoms with Gasteiger partial charge >= 0.3 is 0 Å². The summed E-state index contributed by atoms with van der Waals surface area (Å²) in [6.45, 7) is 5.96. The summed E-state index contributed by atoms with van der Waals surface area (Å²) in [5, 5.41) is 3.26. The molecule has 4 nitrogen and oxygen atoms in total. The lowest BCUT2D eigenvalue weighted by Crippen LogP contribution is -2.24. The first-order valence-corrected chi connectivity index (χ1v) is 6.39. The average molecular weight is 251 g/mol. The van der Waals surface area contributed by atoms with Crippen LogP contribution in [0.4, 0.5) is 0 Å². The SMILES string of the molecule is CNC(COC(C)C)c1ccc2c(c1)OCCO2. The summed E-state index contributed by atoms with van der Waals surface area (Å²) in [6, 6.07) is 6.21. The molecule has 0 amide bonds. The molecular weight excluding hydrogens is 230 g/mol. The summed E-state index contributed by atoms with van der Waals surface area (Å²) in [6.07, 6.45) is 0.234. The predicted octanol–water partition coefficient (Wildman–Crippen LogP) is 2.14. The lowest BCUT2D eigenvalue weighted by atomic mass is 10.1. The second kappa shape index (κ2) is 6.07. The third-order valence-corrected chi connectivity index (χ3v) is 2.91. The number of rotatable bonds is 5. The smallest absolute Gasteiger partial charge is 0.161 e. The minimum atomic E-state index is 0.170. The molecule has 0 saturated carbocycles. The molecule has 2 rings (SSSR count). The number of hydrogen-bond donors (Lipinski definition) is 1. The third-order valence-electron chi connectivity index (χ3n) is 2.91. The maximum Gasteiger partial charge on any atom is 0.161 e. The van der Waals surface area contributed by atoms with Gasteiger partial charge in [0.1, 0.15) is 13.2 Å². The number of hydrogen-bond acceptors (Lipinski definition) is 4. The summed E-state index contributed by atoms with van der Waals surface area (Å²) in [7, 11) is 1.94. The van der Waals surface area contributed by atoms with Gasteiger partial charge in [-0.3, -0.25) is 0 Å². The molecule has 0 bridgehead atoms. The Bertz CT molecular complexity index is 393. The second-order valence-electron chi connectivity index (χ2n) is 4.63. The van der Waals surface area contributed by atoms with Crippen molar-refractivity contribution in [1.29, 1.82) is 0 Å². The van der Waals surface area contributed by atoms with Crippen LogP contribution in [0.1, 0.15) is 25.5 Å². The van der Waals surface area contributed by atoms with Gasteiger partial charge in [-0.05, 0) is 38.6 Å². The van der Waals surface area contributed by atoms with E-state index in [1.165, 1.54) is 0 Å². The van der Waals surface area contributed by atoms with Crippen LogP contribution in [0.15, 0.2) is 18.2 Å². The molecule has 100 valence electrons. The summed E-state index contributed by atoms with van der Waals surface area (Å²) in [5.41, 5.74) is 1.16. The highest BCUT2D eigenvalue weighted by atomic mass is 16.6. The number of benzene rings is 1. The molecule has 1 aromatic rings. The van der Waals surface area contributed by atoms with Crippen molar-refractivity contribution in [2.45, 2.75) is 26.0 Å². The lowest BCUT2D eigenvalue weighted by Gasteiger charge is -2.22. The lowest BCUT2D eigenvalue weighted by molar-refractivity contribution is 0.0625. The second-order valence-corrected chi connectivity index (χ2v) is 4.63. The van der Waals surface area contributed by atoms with Crippen molar-refractivity contribution in [3.63, 3.8) is 0 Å². The Labute approximate surface area is 108 Å². The van der Waals surface area contributed by atoms with E-state index in [1.807, 2.05) is 33.0 Å². The van der Waals surface area contributed by atoms with Crippen LogP contribution in [-0.4, -0.2) is 33.0 Å². The van der Waals surface area contributed by atoms with E-state index in [9.17, 15) is 0 Å². The number of ether oxygens (including phenoxy) is 3. The average Bonchev–Trinajstić information content (AvgIpc) is 2.39. The van der Waals surface area contributed by atoms with Gasteiger partial charge in [-0.25, -0.2) is 0 Å². The van der Waals surface area contributed by atoms with Crippen LogP contribution in [0, 0.1) is 0 Å². The van der Waals surface area contributed by atoms with E-state index in [4.69, 9.17) is 14.2 Å². The van der Waals surface area contributed by atoms with Gasteiger partial charge in [0.15, 0.2) is 11.5 Å². The number of nitrogens with one attached hydrogen (secondary N) is 1. The molecule has 1 heterocycles. The van der Waals surface area contributed by atoms with Crippen molar-refractivity contribution in [1.82, 2.24) is 5.32 Å². The van der Waals surface area contributed by atoms with Gasteiger partial charge in [0, 0.05) is 0 Å². The van der Waals surface area contributed by atoms with Crippen LogP contribution in [0.2, 0.25) is 0 Å². The van der Waals surface area contributed by atoms with E-state index in [1.54, 1.807) is 0 Å². The molecular formula is C14H21NO3. The van der Waals surface area contributed by atoms with Crippen molar-refractivity contribution >= 4 is 0 Å². The number of likely N-dealkylation sites (N-methyl/N-ethyl adjacent to an activating group) is 1. The van der Waals surface area contributed by atoms with Crippen molar-refractivity contribution in [2.75, 3.05) is 26.9 Å². The fourth-order valence-corrected chi connectivity index (χ4v) is 1.91. The van der Waals surface area contributed by atoms with Crippen LogP contribution >= 0.6 is 0 Å². The van der Waals surface area contributed by atoms with Crippen molar-refractivity contribution < 1.29 is 14.2 Å². The van der Waals surface area contributed by atoms with Gasteiger partial charge in [-0.1, -0.05) is 6.07 Å². The molecule has 1 aromatic carbocycles. The topological polar surface area (TPSA) is 39.7 Å². The van der Waals surface area contributed by atoms with Gasteiger partial charge < -0.3 is 19.5 Å². The highest BCUT2D eigenvalue weighted by Crippen LogP contribution is 2.32. The molecule has 1 atom stereocenters. The molecule has 0 spiro atoms. The maximum absolute atomic E-state index is 5.66. The molecule has 0 aromatic heterocycles. The zero-order chi connectivity index (χ0) is 13.0. The Morgan fingerprint density at radius 1 is 1.22 bits per heavy atom. The molecule has 0 radical (unpaired) electrons. The van der Waals surface area contributed by atoms with Crippen molar-refractivity contribution in [3.8, 4) is 11.5 Å². The first-order chi connectivity index (χ1) is 8.70. The zero-order valence-corrected chi connectivity index (χ0v) is 11.2.